The van der Waals surface area contributed by atoms with E-state index in [9.17, 15) is 5.11 Å². The fourth-order valence-electron chi connectivity index (χ4n) is 1.91. The molecule has 106 valence electrons. The Morgan fingerprint density at radius 1 is 1.10 bits per heavy atom. The lowest BCUT2D eigenvalue weighted by Crippen LogP contribution is -2.05. The first-order valence-corrected chi connectivity index (χ1v) is 8.04. The van der Waals surface area contributed by atoms with Crippen LogP contribution in [-0.2, 0) is 0 Å². The summed E-state index contributed by atoms with van der Waals surface area (Å²) in [5.41, 5.74) is 1.32. The number of aliphatic hydroxyl groups is 1. The van der Waals surface area contributed by atoms with Gasteiger partial charge in [0, 0.05) is 25.1 Å². The summed E-state index contributed by atoms with van der Waals surface area (Å²) in [4.78, 5) is 0. The minimum absolute atomic E-state index is 0.517. The van der Waals surface area contributed by atoms with Crippen LogP contribution in [0.2, 0.25) is 5.02 Å². The minimum Gasteiger partial charge on any atom is -0.493 e. The van der Waals surface area contributed by atoms with E-state index in [1.165, 1.54) is 0 Å². The predicted molar refractivity (Wildman–Crippen MR) is 88.5 cm³/mol. The summed E-state index contributed by atoms with van der Waals surface area (Å²) in [5.74, 6) is 0.652. The molecule has 0 bridgehead atoms. The third-order valence-corrected chi connectivity index (χ3v) is 4.15. The Hall–Kier alpha value is -0.550. The van der Waals surface area contributed by atoms with Gasteiger partial charge in [-0.25, -0.2) is 0 Å². The van der Waals surface area contributed by atoms with Gasteiger partial charge in [0.2, 0.25) is 0 Å². The van der Waals surface area contributed by atoms with Crippen molar-refractivity contribution in [2.75, 3.05) is 6.61 Å². The zero-order chi connectivity index (χ0) is 14.7. The second-order valence-corrected chi connectivity index (χ2v) is 6.42. The van der Waals surface area contributed by atoms with Crippen molar-refractivity contribution in [2.24, 2.45) is 0 Å². The molecular formula is C15H13Br2ClO2. The first-order valence-electron chi connectivity index (χ1n) is 6.08. The van der Waals surface area contributed by atoms with Crippen molar-refractivity contribution < 1.29 is 9.84 Å². The lowest BCUT2D eigenvalue weighted by atomic mass is 10.0. The Morgan fingerprint density at radius 3 is 2.35 bits per heavy atom. The summed E-state index contributed by atoms with van der Waals surface area (Å²) in [7, 11) is 0. The summed E-state index contributed by atoms with van der Waals surface area (Å²) in [6, 6.07) is 10.9. The normalized spacial score (nSPS) is 12.2. The van der Waals surface area contributed by atoms with E-state index in [0.29, 0.717) is 28.5 Å². The highest BCUT2D eigenvalue weighted by atomic mass is 79.9. The van der Waals surface area contributed by atoms with Gasteiger partial charge in [-0.15, -0.1) is 0 Å². The van der Waals surface area contributed by atoms with Crippen molar-refractivity contribution >= 4 is 43.5 Å². The maximum Gasteiger partial charge on any atom is 0.125 e. The maximum absolute atomic E-state index is 10.6. The molecule has 0 radical (unpaired) electrons. The lowest BCUT2D eigenvalue weighted by molar-refractivity contribution is 0.212. The number of aliphatic hydroxyl groups excluding tert-OH is 1. The van der Waals surface area contributed by atoms with Gasteiger partial charge in [0.15, 0.2) is 0 Å². The average Bonchev–Trinajstić information content (AvgIpc) is 2.43. The molecule has 0 spiro atoms. The van der Waals surface area contributed by atoms with Crippen LogP contribution >= 0.6 is 43.5 Å². The SMILES string of the molecule is CCOc1ccc(Br)cc1C(O)c1cc(Br)ccc1Cl. The van der Waals surface area contributed by atoms with E-state index in [0.717, 1.165) is 8.95 Å². The van der Waals surface area contributed by atoms with Gasteiger partial charge in [-0.1, -0.05) is 43.5 Å². The molecule has 0 aliphatic carbocycles. The summed E-state index contributed by atoms with van der Waals surface area (Å²) in [6.07, 6.45) is -0.848. The molecule has 2 nitrogen and oxygen atoms in total. The molecule has 5 heteroatoms. The second kappa shape index (κ2) is 6.94. The molecule has 1 unspecified atom stereocenters. The molecule has 20 heavy (non-hydrogen) atoms. The first kappa shape index (κ1) is 15.8. The van der Waals surface area contributed by atoms with Crippen molar-refractivity contribution in [2.45, 2.75) is 13.0 Å². The summed E-state index contributed by atoms with van der Waals surface area (Å²) in [6.45, 7) is 2.44. The van der Waals surface area contributed by atoms with Gasteiger partial charge in [0.1, 0.15) is 11.9 Å². The van der Waals surface area contributed by atoms with Crippen LogP contribution in [0, 0.1) is 0 Å². The van der Waals surface area contributed by atoms with Gasteiger partial charge in [-0.05, 0) is 43.3 Å². The molecule has 0 saturated carbocycles. The van der Waals surface area contributed by atoms with E-state index >= 15 is 0 Å². The molecule has 0 aliphatic heterocycles. The van der Waals surface area contributed by atoms with Crippen LogP contribution in [0.4, 0.5) is 0 Å². The number of rotatable bonds is 4. The Kier molecular flexibility index (Phi) is 5.49. The Bertz CT molecular complexity index is 617. The number of hydrogen-bond acceptors (Lipinski definition) is 2. The van der Waals surface area contributed by atoms with E-state index in [1.807, 2.05) is 37.3 Å². The summed E-state index contributed by atoms with van der Waals surface area (Å²) < 4.78 is 7.31. The van der Waals surface area contributed by atoms with Gasteiger partial charge >= 0.3 is 0 Å². The molecule has 0 saturated heterocycles. The molecule has 1 N–H and O–H groups in total. The number of halogens is 3. The van der Waals surface area contributed by atoms with Crippen LogP contribution in [0.1, 0.15) is 24.2 Å². The minimum atomic E-state index is -0.848. The smallest absolute Gasteiger partial charge is 0.125 e. The largest absolute Gasteiger partial charge is 0.493 e. The zero-order valence-electron chi connectivity index (χ0n) is 10.7. The first-order chi connectivity index (χ1) is 9.52. The molecule has 0 fully saturated rings. The zero-order valence-corrected chi connectivity index (χ0v) is 14.7. The lowest BCUT2D eigenvalue weighted by Gasteiger charge is -2.18. The molecule has 2 aromatic rings. The Balaban J connectivity index is 2.49. The van der Waals surface area contributed by atoms with Crippen LogP contribution in [0.5, 0.6) is 5.75 Å². The third-order valence-electron chi connectivity index (χ3n) is 2.82. The highest BCUT2D eigenvalue weighted by Crippen LogP contribution is 2.36. The monoisotopic (exact) mass is 418 g/mol. The van der Waals surface area contributed by atoms with Crippen molar-refractivity contribution in [3.05, 3.63) is 61.5 Å². The van der Waals surface area contributed by atoms with Crippen molar-refractivity contribution in [1.82, 2.24) is 0 Å². The predicted octanol–water partition coefficient (Wildman–Crippen LogP) is 5.35. The quantitative estimate of drug-likeness (QED) is 0.723. The highest BCUT2D eigenvalue weighted by Gasteiger charge is 2.19. The highest BCUT2D eigenvalue weighted by molar-refractivity contribution is 9.10. The molecule has 0 aliphatic rings. The number of benzene rings is 2. The van der Waals surface area contributed by atoms with E-state index in [4.69, 9.17) is 16.3 Å². The van der Waals surface area contributed by atoms with Crippen molar-refractivity contribution in [3.63, 3.8) is 0 Å². The van der Waals surface area contributed by atoms with E-state index in [2.05, 4.69) is 31.9 Å². The molecule has 0 aromatic heterocycles. The fourth-order valence-corrected chi connectivity index (χ4v) is 2.89. The Morgan fingerprint density at radius 2 is 1.70 bits per heavy atom. The summed E-state index contributed by atoms with van der Waals surface area (Å²) >= 11 is 13.0. The van der Waals surface area contributed by atoms with E-state index in [1.54, 1.807) is 6.07 Å². The number of hydrogen-bond donors (Lipinski definition) is 1. The third kappa shape index (κ3) is 3.55. The average molecular weight is 421 g/mol. The number of ether oxygens (including phenoxy) is 1. The van der Waals surface area contributed by atoms with Crippen molar-refractivity contribution in [3.8, 4) is 5.75 Å². The van der Waals surface area contributed by atoms with E-state index < -0.39 is 6.10 Å². The molecule has 2 aromatic carbocycles. The standard InChI is InChI=1S/C15H13Br2ClO2/c1-2-20-14-6-4-10(17)8-12(14)15(19)11-7-9(16)3-5-13(11)18/h3-8,15,19H,2H2,1H3. The van der Waals surface area contributed by atoms with Gasteiger partial charge in [-0.3, -0.25) is 0 Å². The molecule has 2 rings (SSSR count). The second-order valence-electron chi connectivity index (χ2n) is 4.18. The Labute approximate surface area is 140 Å². The van der Waals surface area contributed by atoms with Gasteiger partial charge < -0.3 is 9.84 Å². The molecule has 1 atom stereocenters. The van der Waals surface area contributed by atoms with Crippen LogP contribution in [0.25, 0.3) is 0 Å². The maximum atomic E-state index is 10.6. The van der Waals surface area contributed by atoms with Crippen molar-refractivity contribution in [1.29, 1.82) is 0 Å². The fraction of sp³-hybridized carbons (Fsp3) is 0.200. The summed E-state index contributed by atoms with van der Waals surface area (Å²) in [5, 5.41) is 11.1. The van der Waals surface area contributed by atoms with Gasteiger partial charge in [-0.2, -0.15) is 0 Å². The van der Waals surface area contributed by atoms with Crippen LogP contribution in [0.3, 0.4) is 0 Å². The van der Waals surface area contributed by atoms with E-state index in [-0.39, 0.29) is 0 Å². The van der Waals surface area contributed by atoms with Gasteiger partial charge in [0.05, 0.1) is 6.61 Å². The molecule has 0 amide bonds. The molecule has 0 heterocycles. The van der Waals surface area contributed by atoms with Crippen LogP contribution < -0.4 is 4.74 Å². The van der Waals surface area contributed by atoms with Gasteiger partial charge in [0.25, 0.3) is 0 Å². The van der Waals surface area contributed by atoms with Crippen LogP contribution in [-0.4, -0.2) is 11.7 Å². The van der Waals surface area contributed by atoms with Crippen LogP contribution in [0.15, 0.2) is 45.3 Å². The molecular weight excluding hydrogens is 407 g/mol. The topological polar surface area (TPSA) is 29.5 Å².